The highest BCUT2D eigenvalue weighted by atomic mass is 79.9. The van der Waals surface area contributed by atoms with E-state index in [-0.39, 0.29) is 0 Å². The number of nitrogens with zero attached hydrogens (tertiary/aromatic N) is 2. The summed E-state index contributed by atoms with van der Waals surface area (Å²) in [4.78, 5) is 4.06. The van der Waals surface area contributed by atoms with E-state index in [2.05, 4.69) is 27.0 Å². The van der Waals surface area contributed by atoms with E-state index in [1.807, 2.05) is 30.3 Å². The van der Waals surface area contributed by atoms with Crippen LogP contribution in [-0.2, 0) is 0 Å². The molecule has 0 saturated carbocycles. The molecule has 15 heavy (non-hydrogen) atoms. The van der Waals surface area contributed by atoms with Crippen molar-refractivity contribution in [3.05, 3.63) is 52.8 Å². The number of rotatable bonds is 1. The summed E-state index contributed by atoms with van der Waals surface area (Å²) in [5.41, 5.74) is 2.74. The third-order valence-corrected chi connectivity index (χ3v) is 2.49. The summed E-state index contributed by atoms with van der Waals surface area (Å²) in [6.07, 6.45) is 1.73. The molecule has 0 atom stereocenters. The standard InChI is InChI=1S/C12H7BrN2/c13-12-7-11(4-5-15-12)10-3-1-2-9(6-10)8-14/h1-7H. The Morgan fingerprint density at radius 1 is 1.13 bits per heavy atom. The average molecular weight is 259 g/mol. The van der Waals surface area contributed by atoms with Gasteiger partial charge in [0.05, 0.1) is 11.6 Å². The molecule has 0 N–H and O–H groups in total. The van der Waals surface area contributed by atoms with Crippen LogP contribution in [0, 0.1) is 11.3 Å². The average Bonchev–Trinajstić information content (AvgIpc) is 2.29. The van der Waals surface area contributed by atoms with Crippen molar-refractivity contribution in [2.75, 3.05) is 0 Å². The quantitative estimate of drug-likeness (QED) is 0.736. The highest BCUT2D eigenvalue weighted by molar-refractivity contribution is 9.10. The molecule has 0 aliphatic rings. The van der Waals surface area contributed by atoms with Crippen molar-refractivity contribution in [3.8, 4) is 17.2 Å². The largest absolute Gasteiger partial charge is 0.249 e. The molecule has 0 saturated heterocycles. The van der Waals surface area contributed by atoms with E-state index >= 15 is 0 Å². The molecule has 0 unspecified atom stereocenters. The van der Waals surface area contributed by atoms with Crippen molar-refractivity contribution in [3.63, 3.8) is 0 Å². The van der Waals surface area contributed by atoms with Crippen LogP contribution in [0.25, 0.3) is 11.1 Å². The summed E-state index contributed by atoms with van der Waals surface area (Å²) in [6.45, 7) is 0. The van der Waals surface area contributed by atoms with Crippen LogP contribution in [0.1, 0.15) is 5.56 Å². The van der Waals surface area contributed by atoms with Crippen LogP contribution in [0.4, 0.5) is 0 Å². The van der Waals surface area contributed by atoms with Gasteiger partial charge in [0.15, 0.2) is 0 Å². The first-order valence-corrected chi connectivity index (χ1v) is 5.21. The van der Waals surface area contributed by atoms with E-state index in [1.54, 1.807) is 12.3 Å². The van der Waals surface area contributed by atoms with E-state index in [1.165, 1.54) is 0 Å². The molecule has 2 rings (SSSR count). The minimum atomic E-state index is 0.667. The topological polar surface area (TPSA) is 36.7 Å². The maximum Gasteiger partial charge on any atom is 0.106 e. The molecular formula is C12H7BrN2. The van der Waals surface area contributed by atoms with Gasteiger partial charge in [-0.15, -0.1) is 0 Å². The number of pyridine rings is 1. The fourth-order valence-electron chi connectivity index (χ4n) is 1.35. The highest BCUT2D eigenvalue weighted by Gasteiger charge is 1.99. The van der Waals surface area contributed by atoms with Gasteiger partial charge in [0, 0.05) is 6.20 Å². The van der Waals surface area contributed by atoms with Crippen molar-refractivity contribution < 1.29 is 0 Å². The lowest BCUT2D eigenvalue weighted by atomic mass is 10.1. The zero-order chi connectivity index (χ0) is 10.7. The van der Waals surface area contributed by atoms with Gasteiger partial charge in [-0.25, -0.2) is 4.98 Å². The molecule has 0 spiro atoms. The maximum atomic E-state index is 8.79. The molecule has 1 aromatic carbocycles. The molecule has 0 aliphatic heterocycles. The SMILES string of the molecule is N#Cc1cccc(-c2ccnc(Br)c2)c1. The Bertz CT molecular complexity index is 529. The van der Waals surface area contributed by atoms with Gasteiger partial charge >= 0.3 is 0 Å². The van der Waals surface area contributed by atoms with Crippen LogP contribution in [0.2, 0.25) is 0 Å². The summed E-state index contributed by atoms with van der Waals surface area (Å²) < 4.78 is 0.794. The Morgan fingerprint density at radius 2 is 1.93 bits per heavy atom. The van der Waals surface area contributed by atoms with E-state index in [0.29, 0.717) is 5.56 Å². The minimum Gasteiger partial charge on any atom is -0.249 e. The fourth-order valence-corrected chi connectivity index (χ4v) is 1.72. The Morgan fingerprint density at radius 3 is 2.67 bits per heavy atom. The molecule has 0 amide bonds. The van der Waals surface area contributed by atoms with Gasteiger partial charge < -0.3 is 0 Å². The van der Waals surface area contributed by atoms with Crippen molar-refractivity contribution in [2.24, 2.45) is 0 Å². The summed E-state index contributed by atoms with van der Waals surface area (Å²) in [5.74, 6) is 0. The Labute approximate surface area is 96.3 Å². The van der Waals surface area contributed by atoms with E-state index in [4.69, 9.17) is 5.26 Å². The molecule has 0 radical (unpaired) electrons. The first-order valence-electron chi connectivity index (χ1n) is 4.42. The third kappa shape index (κ3) is 2.23. The number of hydrogen-bond donors (Lipinski definition) is 0. The molecular weight excluding hydrogens is 252 g/mol. The van der Waals surface area contributed by atoms with Gasteiger partial charge in [-0.3, -0.25) is 0 Å². The smallest absolute Gasteiger partial charge is 0.106 e. The fraction of sp³-hybridized carbons (Fsp3) is 0. The van der Waals surface area contributed by atoms with Gasteiger partial charge in [0.2, 0.25) is 0 Å². The zero-order valence-corrected chi connectivity index (χ0v) is 9.40. The Hall–Kier alpha value is -1.66. The zero-order valence-electron chi connectivity index (χ0n) is 7.81. The monoisotopic (exact) mass is 258 g/mol. The molecule has 0 fully saturated rings. The minimum absolute atomic E-state index is 0.667. The number of halogens is 1. The summed E-state index contributed by atoms with van der Waals surface area (Å²) in [5, 5.41) is 8.79. The molecule has 0 bridgehead atoms. The first-order chi connectivity index (χ1) is 7.29. The second-order valence-electron chi connectivity index (χ2n) is 3.06. The van der Waals surface area contributed by atoms with Crippen molar-refractivity contribution in [2.45, 2.75) is 0 Å². The number of aromatic nitrogens is 1. The normalized spacial score (nSPS) is 9.60. The van der Waals surface area contributed by atoms with Crippen molar-refractivity contribution in [1.82, 2.24) is 4.98 Å². The van der Waals surface area contributed by atoms with E-state index in [0.717, 1.165) is 15.7 Å². The van der Waals surface area contributed by atoms with Gasteiger partial charge in [-0.1, -0.05) is 12.1 Å². The molecule has 72 valence electrons. The molecule has 1 heterocycles. The second-order valence-corrected chi connectivity index (χ2v) is 3.87. The van der Waals surface area contributed by atoms with Crippen LogP contribution in [0.5, 0.6) is 0 Å². The van der Waals surface area contributed by atoms with Gasteiger partial charge in [0.25, 0.3) is 0 Å². The van der Waals surface area contributed by atoms with Gasteiger partial charge in [-0.2, -0.15) is 5.26 Å². The highest BCUT2D eigenvalue weighted by Crippen LogP contribution is 2.22. The van der Waals surface area contributed by atoms with E-state index in [9.17, 15) is 0 Å². The van der Waals surface area contributed by atoms with Gasteiger partial charge in [-0.05, 0) is 51.3 Å². The lowest BCUT2D eigenvalue weighted by Crippen LogP contribution is -1.81. The summed E-state index contributed by atoms with van der Waals surface area (Å²) in [6, 6.07) is 13.5. The van der Waals surface area contributed by atoms with E-state index < -0.39 is 0 Å². The molecule has 2 nitrogen and oxygen atoms in total. The lowest BCUT2D eigenvalue weighted by molar-refractivity contribution is 1.28. The van der Waals surface area contributed by atoms with Crippen LogP contribution in [-0.4, -0.2) is 4.98 Å². The van der Waals surface area contributed by atoms with Crippen molar-refractivity contribution >= 4 is 15.9 Å². The molecule has 3 heteroatoms. The third-order valence-electron chi connectivity index (χ3n) is 2.05. The summed E-state index contributed by atoms with van der Waals surface area (Å²) in [7, 11) is 0. The molecule has 2 aromatic rings. The van der Waals surface area contributed by atoms with Crippen LogP contribution in [0.15, 0.2) is 47.2 Å². The van der Waals surface area contributed by atoms with Crippen molar-refractivity contribution in [1.29, 1.82) is 5.26 Å². The second kappa shape index (κ2) is 4.24. The molecule has 1 aromatic heterocycles. The molecule has 0 aliphatic carbocycles. The Kier molecular flexibility index (Phi) is 2.79. The predicted molar refractivity (Wildman–Crippen MR) is 62.1 cm³/mol. The number of benzene rings is 1. The van der Waals surface area contributed by atoms with Crippen LogP contribution >= 0.6 is 15.9 Å². The maximum absolute atomic E-state index is 8.79. The lowest BCUT2D eigenvalue weighted by Gasteiger charge is -2.01. The van der Waals surface area contributed by atoms with Crippen LogP contribution in [0.3, 0.4) is 0 Å². The van der Waals surface area contributed by atoms with Gasteiger partial charge in [0.1, 0.15) is 4.60 Å². The number of hydrogen-bond acceptors (Lipinski definition) is 2. The van der Waals surface area contributed by atoms with Crippen LogP contribution < -0.4 is 0 Å². The first kappa shape index (κ1) is 9.88. The predicted octanol–water partition coefficient (Wildman–Crippen LogP) is 3.38. The summed E-state index contributed by atoms with van der Waals surface area (Å²) >= 11 is 3.32. The number of nitriles is 1. The Balaban J connectivity index is 2.50.